The fraction of sp³-hybridized carbons (Fsp3) is 0.435. The lowest BCUT2D eigenvalue weighted by Gasteiger charge is -2.40. The molecule has 3 aliphatic rings. The first-order chi connectivity index (χ1) is 14.9. The molecule has 0 bridgehead atoms. The summed E-state index contributed by atoms with van der Waals surface area (Å²) in [6.07, 6.45) is 12.4. The van der Waals surface area contributed by atoms with Gasteiger partial charge in [-0.3, -0.25) is 9.78 Å². The fourth-order valence-corrected chi connectivity index (χ4v) is 5.99. The van der Waals surface area contributed by atoms with Gasteiger partial charge in [-0.15, -0.1) is 0 Å². The smallest absolute Gasteiger partial charge is 0.252 e. The number of aromatic nitrogens is 3. The molecule has 0 N–H and O–H groups in total. The maximum absolute atomic E-state index is 13.0. The van der Waals surface area contributed by atoms with Gasteiger partial charge in [-0.1, -0.05) is 14.7 Å². The number of allylic oxidation sites excluding steroid dienone is 1. The number of carbonyl (C=O) groups excluding carboxylic acids is 1. The number of hydrogen-bond donors (Lipinski definition) is 0. The third-order valence-corrected chi connectivity index (χ3v) is 7.92. The van der Waals surface area contributed by atoms with Crippen molar-refractivity contribution in [2.75, 3.05) is 27.2 Å². The van der Waals surface area contributed by atoms with Gasteiger partial charge in [-0.05, 0) is 52.9 Å². The number of amides is 1. The first kappa shape index (κ1) is 20.4. The van der Waals surface area contributed by atoms with Gasteiger partial charge in [0, 0.05) is 36.7 Å². The Balaban J connectivity index is 1.36. The standard InChI is InChI=1S/C23H29N6OP/c1-15-13-29-20(16(2)24-15)11-19(25-29)21-12-22(30)28-14-18(5-6-23(28)31-21)27-9-7-17(8-10-27)26(3)4/h5-6,11-14,17,23,31H,7-10H2,1-4H3. The minimum Gasteiger partial charge on any atom is -0.370 e. The average Bonchev–Trinajstić information content (AvgIpc) is 3.18. The van der Waals surface area contributed by atoms with Crippen LogP contribution in [0.1, 0.15) is 29.9 Å². The summed E-state index contributed by atoms with van der Waals surface area (Å²) in [5.74, 6) is 0.105. The Morgan fingerprint density at radius 1 is 1.19 bits per heavy atom. The molecule has 0 aliphatic carbocycles. The molecule has 1 amide bonds. The second-order valence-electron chi connectivity index (χ2n) is 8.81. The molecular formula is C23H29N6OP. The van der Waals surface area contributed by atoms with E-state index in [2.05, 4.69) is 41.0 Å². The molecular weight excluding hydrogens is 407 g/mol. The molecule has 5 rings (SSSR count). The van der Waals surface area contributed by atoms with Crippen LogP contribution in [-0.4, -0.2) is 74.2 Å². The summed E-state index contributed by atoms with van der Waals surface area (Å²) >= 11 is 0. The molecule has 3 aliphatic heterocycles. The van der Waals surface area contributed by atoms with Crippen molar-refractivity contribution in [3.63, 3.8) is 0 Å². The Kier molecular flexibility index (Phi) is 5.19. The van der Waals surface area contributed by atoms with Gasteiger partial charge in [-0.2, -0.15) is 5.10 Å². The normalized spacial score (nSPS) is 23.0. The van der Waals surface area contributed by atoms with Crippen molar-refractivity contribution >= 4 is 25.3 Å². The largest absolute Gasteiger partial charge is 0.370 e. The zero-order chi connectivity index (χ0) is 21.7. The lowest BCUT2D eigenvalue weighted by molar-refractivity contribution is -0.123. The van der Waals surface area contributed by atoms with Crippen LogP contribution in [0.15, 0.2) is 42.4 Å². The van der Waals surface area contributed by atoms with Crippen molar-refractivity contribution in [1.29, 1.82) is 0 Å². The van der Waals surface area contributed by atoms with Crippen molar-refractivity contribution in [3.8, 4) is 0 Å². The number of piperidine rings is 1. The lowest BCUT2D eigenvalue weighted by Crippen LogP contribution is -2.43. The highest BCUT2D eigenvalue weighted by atomic mass is 31.1. The van der Waals surface area contributed by atoms with Crippen LogP contribution in [0.4, 0.5) is 0 Å². The molecule has 5 heterocycles. The predicted octanol–water partition coefficient (Wildman–Crippen LogP) is 2.97. The second kappa shape index (κ2) is 7.88. The third-order valence-electron chi connectivity index (χ3n) is 6.44. The molecule has 1 saturated heterocycles. The first-order valence-electron chi connectivity index (χ1n) is 10.8. The molecule has 0 spiro atoms. The average molecular weight is 437 g/mol. The van der Waals surface area contributed by atoms with E-state index < -0.39 is 0 Å². The van der Waals surface area contributed by atoms with Gasteiger partial charge >= 0.3 is 0 Å². The van der Waals surface area contributed by atoms with E-state index in [0.29, 0.717) is 14.6 Å². The number of likely N-dealkylation sites (tertiary alicyclic amines) is 1. The zero-order valence-electron chi connectivity index (χ0n) is 18.5. The molecule has 0 radical (unpaired) electrons. The molecule has 162 valence electrons. The van der Waals surface area contributed by atoms with Crippen LogP contribution in [0.25, 0.3) is 10.8 Å². The quantitative estimate of drug-likeness (QED) is 0.693. The Morgan fingerprint density at radius 2 is 1.97 bits per heavy atom. The molecule has 0 saturated carbocycles. The van der Waals surface area contributed by atoms with Gasteiger partial charge in [-0.25, -0.2) is 4.52 Å². The Bertz CT molecular complexity index is 1120. The van der Waals surface area contributed by atoms with E-state index in [0.717, 1.165) is 59.5 Å². The van der Waals surface area contributed by atoms with Crippen LogP contribution in [-0.2, 0) is 4.79 Å². The summed E-state index contributed by atoms with van der Waals surface area (Å²) in [4.78, 5) is 24.2. The van der Waals surface area contributed by atoms with Crippen LogP contribution in [0, 0.1) is 13.8 Å². The highest BCUT2D eigenvalue weighted by Gasteiger charge is 2.31. The van der Waals surface area contributed by atoms with Crippen LogP contribution < -0.4 is 0 Å². The summed E-state index contributed by atoms with van der Waals surface area (Å²) < 4.78 is 1.88. The number of hydrogen-bond acceptors (Lipinski definition) is 5. The molecule has 2 aromatic rings. The minimum absolute atomic E-state index is 0.0341. The van der Waals surface area contributed by atoms with Crippen molar-refractivity contribution in [2.45, 2.75) is 38.5 Å². The first-order valence-corrected chi connectivity index (χ1v) is 11.9. The highest BCUT2D eigenvalue weighted by molar-refractivity contribution is 7.51. The van der Waals surface area contributed by atoms with E-state index in [1.54, 1.807) is 6.08 Å². The molecule has 1 fully saturated rings. The molecule has 2 atom stereocenters. The summed E-state index contributed by atoms with van der Waals surface area (Å²) in [6, 6.07) is 2.69. The maximum Gasteiger partial charge on any atom is 0.252 e. The van der Waals surface area contributed by atoms with Gasteiger partial charge in [0.25, 0.3) is 5.91 Å². The van der Waals surface area contributed by atoms with E-state index in [-0.39, 0.29) is 11.7 Å². The van der Waals surface area contributed by atoms with Gasteiger partial charge in [0.15, 0.2) is 0 Å². The molecule has 2 unspecified atom stereocenters. The molecule has 8 heteroatoms. The number of nitrogens with zero attached hydrogens (tertiary/aromatic N) is 6. The van der Waals surface area contributed by atoms with E-state index in [1.807, 2.05) is 41.7 Å². The lowest BCUT2D eigenvalue weighted by atomic mass is 10.0. The van der Waals surface area contributed by atoms with Crippen LogP contribution in [0.2, 0.25) is 0 Å². The van der Waals surface area contributed by atoms with E-state index in [9.17, 15) is 4.79 Å². The van der Waals surface area contributed by atoms with Crippen LogP contribution >= 0.6 is 8.58 Å². The maximum atomic E-state index is 13.0. The summed E-state index contributed by atoms with van der Waals surface area (Å²) in [6.45, 7) is 6.03. The zero-order valence-corrected chi connectivity index (χ0v) is 19.5. The summed E-state index contributed by atoms with van der Waals surface area (Å²) in [5, 5.41) is 5.75. The monoisotopic (exact) mass is 436 g/mol. The van der Waals surface area contributed by atoms with Crippen molar-refractivity contribution in [3.05, 3.63) is 59.5 Å². The number of rotatable bonds is 3. The fourth-order valence-electron chi connectivity index (χ4n) is 4.66. The van der Waals surface area contributed by atoms with Gasteiger partial charge in [0.1, 0.15) is 0 Å². The molecule has 0 aromatic carbocycles. The summed E-state index contributed by atoms with van der Waals surface area (Å²) in [5.41, 5.74) is 4.90. The van der Waals surface area contributed by atoms with Crippen molar-refractivity contribution in [2.24, 2.45) is 0 Å². The Morgan fingerprint density at radius 3 is 2.71 bits per heavy atom. The van der Waals surface area contributed by atoms with Gasteiger partial charge in [0.05, 0.1) is 40.3 Å². The SMILES string of the molecule is Cc1cn2nc(C3=CC(=O)N4C=C(N5CCC(N(C)C)CC5)C=CC4P3)cc2c(C)n1. The van der Waals surface area contributed by atoms with Gasteiger partial charge in [0.2, 0.25) is 0 Å². The molecule has 2 aromatic heterocycles. The number of carbonyl (C=O) groups is 1. The van der Waals surface area contributed by atoms with Crippen LogP contribution in [0.5, 0.6) is 0 Å². The van der Waals surface area contributed by atoms with E-state index >= 15 is 0 Å². The number of fused-ring (bicyclic) bond motifs is 2. The highest BCUT2D eigenvalue weighted by Crippen LogP contribution is 2.44. The van der Waals surface area contributed by atoms with Crippen molar-refractivity contribution < 1.29 is 4.79 Å². The topological polar surface area (TPSA) is 57.0 Å². The minimum atomic E-state index is 0.0341. The van der Waals surface area contributed by atoms with Gasteiger partial charge < -0.3 is 14.7 Å². The Hall–Kier alpha value is -2.50. The Labute approximate surface area is 184 Å². The second-order valence-corrected chi connectivity index (χ2v) is 10.2. The predicted molar refractivity (Wildman–Crippen MR) is 125 cm³/mol. The number of aryl methyl sites for hydroxylation is 2. The van der Waals surface area contributed by atoms with E-state index in [4.69, 9.17) is 5.10 Å². The van der Waals surface area contributed by atoms with E-state index in [1.165, 1.54) is 0 Å². The van der Waals surface area contributed by atoms with Crippen LogP contribution in [0.3, 0.4) is 0 Å². The summed E-state index contributed by atoms with van der Waals surface area (Å²) in [7, 11) is 4.78. The molecule has 7 nitrogen and oxygen atoms in total. The molecule has 31 heavy (non-hydrogen) atoms. The third kappa shape index (κ3) is 3.81. The van der Waals surface area contributed by atoms with Crippen molar-refractivity contribution in [1.82, 2.24) is 29.3 Å².